The third-order valence-corrected chi connectivity index (χ3v) is 4.71. The standard InChI is InChI=1S/C17H29NO3/c1-11(2)15(21-17(20)14-6-5-7-14)16(19)18-9-12(3)8-13(4)10-18/h11-15H,5-10H2,1-4H3/t12-,13+,15-/m0/s1. The van der Waals surface area contributed by atoms with Crippen LogP contribution in [0.1, 0.15) is 53.4 Å². The highest BCUT2D eigenvalue weighted by Crippen LogP contribution is 2.29. The summed E-state index contributed by atoms with van der Waals surface area (Å²) in [6.07, 6.45) is 3.47. The van der Waals surface area contributed by atoms with Crippen molar-refractivity contribution in [1.82, 2.24) is 4.90 Å². The molecule has 0 N–H and O–H groups in total. The van der Waals surface area contributed by atoms with Crippen LogP contribution in [0.2, 0.25) is 0 Å². The van der Waals surface area contributed by atoms with Crippen molar-refractivity contribution in [3.05, 3.63) is 0 Å². The molecular formula is C17H29NO3. The van der Waals surface area contributed by atoms with E-state index in [1.54, 1.807) is 0 Å². The highest BCUT2D eigenvalue weighted by atomic mass is 16.5. The first-order valence-corrected chi connectivity index (χ1v) is 8.37. The van der Waals surface area contributed by atoms with Gasteiger partial charge in [-0.25, -0.2) is 0 Å². The van der Waals surface area contributed by atoms with Crippen molar-refractivity contribution in [2.75, 3.05) is 13.1 Å². The smallest absolute Gasteiger partial charge is 0.309 e. The lowest BCUT2D eigenvalue weighted by atomic mass is 9.85. The van der Waals surface area contributed by atoms with E-state index in [4.69, 9.17) is 4.74 Å². The molecular weight excluding hydrogens is 266 g/mol. The molecule has 1 aliphatic carbocycles. The molecule has 2 fully saturated rings. The Bertz CT molecular complexity index is 379. The Balaban J connectivity index is 1.99. The molecule has 0 aromatic heterocycles. The van der Waals surface area contributed by atoms with E-state index in [-0.39, 0.29) is 23.7 Å². The second kappa shape index (κ2) is 6.80. The zero-order chi connectivity index (χ0) is 15.6. The van der Waals surface area contributed by atoms with E-state index in [9.17, 15) is 9.59 Å². The van der Waals surface area contributed by atoms with Gasteiger partial charge in [0.1, 0.15) is 0 Å². The summed E-state index contributed by atoms with van der Waals surface area (Å²) >= 11 is 0. The molecule has 1 saturated carbocycles. The van der Waals surface area contributed by atoms with Gasteiger partial charge in [0.2, 0.25) is 0 Å². The normalized spacial score (nSPS) is 28.1. The van der Waals surface area contributed by atoms with E-state index < -0.39 is 6.10 Å². The molecule has 0 aromatic rings. The second-order valence-corrected chi connectivity index (χ2v) is 7.42. The van der Waals surface area contributed by atoms with Crippen molar-refractivity contribution in [3.63, 3.8) is 0 Å². The van der Waals surface area contributed by atoms with Crippen LogP contribution in [0.3, 0.4) is 0 Å². The summed E-state index contributed by atoms with van der Waals surface area (Å²) in [5.74, 6) is 0.912. The molecule has 1 saturated heterocycles. The van der Waals surface area contributed by atoms with E-state index in [0.29, 0.717) is 11.8 Å². The highest BCUT2D eigenvalue weighted by Gasteiger charge is 2.36. The minimum Gasteiger partial charge on any atom is -0.452 e. The maximum atomic E-state index is 12.7. The van der Waals surface area contributed by atoms with E-state index in [1.165, 1.54) is 0 Å². The van der Waals surface area contributed by atoms with Gasteiger partial charge in [0, 0.05) is 13.1 Å². The fourth-order valence-corrected chi connectivity index (χ4v) is 3.36. The molecule has 1 aliphatic heterocycles. The predicted octanol–water partition coefficient (Wildman–Crippen LogP) is 2.86. The van der Waals surface area contributed by atoms with Crippen molar-refractivity contribution in [1.29, 1.82) is 0 Å². The van der Waals surface area contributed by atoms with Crippen molar-refractivity contribution in [2.24, 2.45) is 23.7 Å². The monoisotopic (exact) mass is 295 g/mol. The van der Waals surface area contributed by atoms with Crippen molar-refractivity contribution in [2.45, 2.75) is 59.5 Å². The molecule has 120 valence electrons. The first kappa shape index (κ1) is 16.3. The number of ether oxygens (including phenoxy) is 1. The van der Waals surface area contributed by atoms with Crippen LogP contribution in [0.5, 0.6) is 0 Å². The molecule has 0 radical (unpaired) electrons. The van der Waals surface area contributed by atoms with Gasteiger partial charge in [-0.1, -0.05) is 34.1 Å². The molecule has 0 bridgehead atoms. The lowest BCUT2D eigenvalue weighted by Crippen LogP contribution is -2.50. The van der Waals surface area contributed by atoms with Gasteiger partial charge < -0.3 is 9.64 Å². The minimum absolute atomic E-state index is 0.00364. The van der Waals surface area contributed by atoms with Crippen LogP contribution in [0, 0.1) is 23.7 Å². The number of amides is 1. The number of carbonyl (C=O) groups excluding carboxylic acids is 2. The van der Waals surface area contributed by atoms with Gasteiger partial charge in [0.05, 0.1) is 5.92 Å². The first-order chi connectivity index (χ1) is 9.88. The molecule has 4 heteroatoms. The summed E-state index contributed by atoms with van der Waals surface area (Å²) in [5.41, 5.74) is 0. The third kappa shape index (κ3) is 3.98. The van der Waals surface area contributed by atoms with Gasteiger partial charge in [0.25, 0.3) is 5.91 Å². The van der Waals surface area contributed by atoms with E-state index in [2.05, 4.69) is 13.8 Å². The summed E-state index contributed by atoms with van der Waals surface area (Å²) in [5, 5.41) is 0. The van der Waals surface area contributed by atoms with Gasteiger partial charge in [0.15, 0.2) is 6.10 Å². The Kier molecular flexibility index (Phi) is 5.28. The van der Waals surface area contributed by atoms with Crippen molar-refractivity contribution in [3.8, 4) is 0 Å². The Morgan fingerprint density at radius 3 is 2.10 bits per heavy atom. The van der Waals surface area contributed by atoms with Crippen LogP contribution in [-0.2, 0) is 14.3 Å². The van der Waals surface area contributed by atoms with E-state index in [0.717, 1.165) is 38.8 Å². The number of nitrogens with zero attached hydrogens (tertiary/aromatic N) is 1. The summed E-state index contributed by atoms with van der Waals surface area (Å²) in [6.45, 7) is 9.84. The van der Waals surface area contributed by atoms with Gasteiger partial charge in [-0.05, 0) is 37.0 Å². The zero-order valence-electron chi connectivity index (χ0n) is 13.8. The quantitative estimate of drug-likeness (QED) is 0.749. The lowest BCUT2D eigenvalue weighted by molar-refractivity contribution is -0.169. The Morgan fingerprint density at radius 2 is 1.67 bits per heavy atom. The van der Waals surface area contributed by atoms with Crippen LogP contribution in [-0.4, -0.2) is 36.0 Å². The molecule has 2 rings (SSSR count). The Labute approximate surface area is 128 Å². The number of piperidine rings is 1. The molecule has 4 nitrogen and oxygen atoms in total. The van der Waals surface area contributed by atoms with E-state index >= 15 is 0 Å². The highest BCUT2D eigenvalue weighted by molar-refractivity contribution is 5.85. The number of hydrogen-bond donors (Lipinski definition) is 0. The van der Waals surface area contributed by atoms with Gasteiger partial charge in [-0.2, -0.15) is 0 Å². The van der Waals surface area contributed by atoms with Crippen LogP contribution in [0.15, 0.2) is 0 Å². The maximum absolute atomic E-state index is 12.7. The SMILES string of the molecule is CC(C)[C@H](OC(=O)C1CCC1)C(=O)N1C[C@H](C)C[C@H](C)C1. The lowest BCUT2D eigenvalue weighted by Gasteiger charge is -2.38. The molecule has 21 heavy (non-hydrogen) atoms. The predicted molar refractivity (Wildman–Crippen MR) is 81.6 cm³/mol. The van der Waals surface area contributed by atoms with Gasteiger partial charge in [-0.15, -0.1) is 0 Å². The summed E-state index contributed by atoms with van der Waals surface area (Å²) < 4.78 is 5.57. The summed E-state index contributed by atoms with van der Waals surface area (Å²) in [7, 11) is 0. The molecule has 0 unspecified atom stereocenters. The summed E-state index contributed by atoms with van der Waals surface area (Å²) in [6, 6.07) is 0. The molecule has 2 aliphatic rings. The number of rotatable bonds is 4. The Hall–Kier alpha value is -1.06. The number of esters is 1. The molecule has 1 heterocycles. The Morgan fingerprint density at radius 1 is 1.10 bits per heavy atom. The summed E-state index contributed by atoms with van der Waals surface area (Å²) in [4.78, 5) is 26.7. The number of hydrogen-bond acceptors (Lipinski definition) is 3. The van der Waals surface area contributed by atoms with Crippen molar-refractivity contribution < 1.29 is 14.3 Å². The fourth-order valence-electron chi connectivity index (χ4n) is 3.36. The first-order valence-electron chi connectivity index (χ1n) is 8.37. The molecule has 0 aromatic carbocycles. The van der Waals surface area contributed by atoms with Gasteiger partial charge >= 0.3 is 5.97 Å². The number of likely N-dealkylation sites (tertiary alicyclic amines) is 1. The topological polar surface area (TPSA) is 46.6 Å². The third-order valence-electron chi connectivity index (χ3n) is 4.71. The van der Waals surface area contributed by atoms with Crippen LogP contribution < -0.4 is 0 Å². The number of carbonyl (C=O) groups is 2. The van der Waals surface area contributed by atoms with E-state index in [1.807, 2.05) is 18.7 Å². The molecule has 3 atom stereocenters. The van der Waals surface area contributed by atoms with Crippen LogP contribution in [0.25, 0.3) is 0 Å². The average molecular weight is 295 g/mol. The zero-order valence-corrected chi connectivity index (χ0v) is 13.8. The fraction of sp³-hybridized carbons (Fsp3) is 0.882. The second-order valence-electron chi connectivity index (χ2n) is 7.42. The van der Waals surface area contributed by atoms with Crippen molar-refractivity contribution >= 4 is 11.9 Å². The average Bonchev–Trinajstić information content (AvgIpc) is 2.31. The van der Waals surface area contributed by atoms with Gasteiger partial charge in [-0.3, -0.25) is 9.59 Å². The molecule has 1 amide bonds. The largest absolute Gasteiger partial charge is 0.452 e. The minimum atomic E-state index is -0.615. The maximum Gasteiger partial charge on any atom is 0.309 e. The molecule has 0 spiro atoms. The van der Waals surface area contributed by atoms with Crippen LogP contribution >= 0.6 is 0 Å². The van der Waals surface area contributed by atoms with Crippen LogP contribution in [0.4, 0.5) is 0 Å².